The summed E-state index contributed by atoms with van der Waals surface area (Å²) in [5.74, 6) is 2.56. The molecule has 0 nitrogen and oxygen atoms in total. The molecule has 0 aliphatic rings. The molecule has 7 aromatic carbocycles. The van der Waals surface area contributed by atoms with E-state index in [0.717, 1.165) is 0 Å². The molecule has 0 spiro atoms. The van der Waals surface area contributed by atoms with E-state index in [1.807, 2.05) is 36.4 Å². The van der Waals surface area contributed by atoms with Gasteiger partial charge in [0.1, 0.15) is 0 Å². The van der Waals surface area contributed by atoms with Crippen LogP contribution in [0.25, 0.3) is 22.3 Å². The SMILES string of the molecule is CC(C)c1cc(C(C)C)c(-c2cccc(-c3c(C(C)C)cc(C(C)C)cc3C(C)C)[c]2[Ge][c]2ccccc2[PH+](c2ccccc2)c2ccccc2)c(C(C)C)c1.[Ge].c1ccccc1. The Balaban J connectivity index is 0.000000985. The summed E-state index contributed by atoms with van der Waals surface area (Å²) in [6.45, 7) is 28.6. The third-order valence-electron chi connectivity index (χ3n) is 12.1. The molecule has 0 heterocycles. The predicted octanol–water partition coefficient (Wildman–Crippen LogP) is 14.2. The van der Waals surface area contributed by atoms with E-state index in [2.05, 4.69) is 210 Å². The smallest absolute Gasteiger partial charge is 0 e. The molecule has 0 saturated heterocycles. The monoisotopic (exact) mass is 969 g/mol. The molecule has 7 aromatic rings. The normalized spacial score (nSPS) is 11.5. The molecule has 0 bridgehead atoms. The van der Waals surface area contributed by atoms with Gasteiger partial charge in [-0.2, -0.15) is 0 Å². The van der Waals surface area contributed by atoms with Crippen LogP contribution in [-0.4, -0.2) is 33.0 Å². The number of hydrogen-bond donors (Lipinski definition) is 0. The quantitative estimate of drug-likeness (QED) is 0.0798. The van der Waals surface area contributed by atoms with Crippen molar-refractivity contribution in [2.45, 2.75) is 119 Å². The van der Waals surface area contributed by atoms with Crippen LogP contribution < -0.4 is 24.7 Å². The van der Waals surface area contributed by atoms with Crippen LogP contribution in [0.1, 0.15) is 152 Å². The molecule has 0 unspecified atom stereocenters. The fourth-order valence-electron chi connectivity index (χ4n) is 8.65. The topological polar surface area (TPSA) is 0 Å². The van der Waals surface area contributed by atoms with Gasteiger partial charge in [0.25, 0.3) is 0 Å². The molecule has 0 saturated carbocycles. The van der Waals surface area contributed by atoms with Gasteiger partial charge in [-0.05, 0) is 0 Å². The van der Waals surface area contributed by atoms with Crippen molar-refractivity contribution in [2.75, 3.05) is 0 Å². The first-order valence-electron chi connectivity index (χ1n) is 23.1. The Bertz CT molecular complexity index is 2280. The summed E-state index contributed by atoms with van der Waals surface area (Å²) < 4.78 is 3.12. The van der Waals surface area contributed by atoms with Gasteiger partial charge in [-0.3, -0.25) is 0 Å². The van der Waals surface area contributed by atoms with Gasteiger partial charge < -0.3 is 0 Å². The Morgan fingerprint density at radius 1 is 0.349 bits per heavy atom. The molecule has 0 atom stereocenters. The predicted molar refractivity (Wildman–Crippen MR) is 286 cm³/mol. The van der Waals surface area contributed by atoms with Crippen molar-refractivity contribution in [3.63, 3.8) is 0 Å². The summed E-state index contributed by atoms with van der Waals surface area (Å²) in [6.07, 6.45) is 0. The average molecular weight is 967 g/mol. The van der Waals surface area contributed by atoms with Crippen molar-refractivity contribution < 1.29 is 0 Å². The second-order valence-electron chi connectivity index (χ2n) is 18.7. The molecule has 0 fully saturated rings. The molecule has 6 radical (unpaired) electrons. The molecule has 322 valence electrons. The van der Waals surface area contributed by atoms with Crippen LogP contribution in [0.5, 0.6) is 0 Å². The Hall–Kier alpha value is -3.94. The summed E-state index contributed by atoms with van der Waals surface area (Å²) in [5, 5.41) is 4.42. The van der Waals surface area contributed by atoms with E-state index >= 15 is 0 Å². The summed E-state index contributed by atoms with van der Waals surface area (Å²) in [7, 11) is -1.26. The van der Waals surface area contributed by atoms with Crippen LogP contribution in [0.3, 0.4) is 0 Å². The molecule has 0 N–H and O–H groups in total. The van der Waals surface area contributed by atoms with Gasteiger partial charge in [-0.1, -0.05) is 36.4 Å². The summed E-state index contributed by atoms with van der Waals surface area (Å²) in [5.41, 5.74) is 14.7. The first-order chi connectivity index (χ1) is 29.8. The summed E-state index contributed by atoms with van der Waals surface area (Å²) >= 11 is -0.858. The molecular formula is C60H70Ge2P+. The number of benzene rings is 7. The maximum atomic E-state index is 2.55. The molecule has 7 rings (SSSR count). The van der Waals surface area contributed by atoms with Gasteiger partial charge in [-0.25, -0.2) is 0 Å². The average Bonchev–Trinajstić information content (AvgIpc) is 3.27. The van der Waals surface area contributed by atoms with Crippen molar-refractivity contribution in [3.8, 4) is 22.3 Å². The van der Waals surface area contributed by atoms with Gasteiger partial charge in [-0.15, -0.1) is 0 Å². The van der Waals surface area contributed by atoms with E-state index < -0.39 is 23.4 Å². The zero-order chi connectivity index (χ0) is 44.5. The molecule has 0 aromatic heterocycles. The van der Waals surface area contributed by atoms with Gasteiger partial charge >= 0.3 is 350 Å². The molecule has 0 amide bonds. The summed E-state index contributed by atoms with van der Waals surface area (Å²) in [6, 6.07) is 61.7. The van der Waals surface area contributed by atoms with E-state index in [9.17, 15) is 0 Å². The minimum Gasteiger partial charge on any atom is -0.0623 e. The fourth-order valence-corrected chi connectivity index (χ4v) is 15.2. The largest absolute Gasteiger partial charge is 0.0623 e. The first-order valence-corrected chi connectivity index (χ1v) is 26.7. The Morgan fingerprint density at radius 2 is 0.667 bits per heavy atom. The maximum absolute atomic E-state index is 2.55. The van der Waals surface area contributed by atoms with E-state index in [1.165, 1.54) is 71.5 Å². The van der Waals surface area contributed by atoms with E-state index in [1.54, 1.807) is 8.79 Å². The van der Waals surface area contributed by atoms with Gasteiger partial charge in [0, 0.05) is 17.6 Å². The van der Waals surface area contributed by atoms with Crippen molar-refractivity contribution in [1.29, 1.82) is 0 Å². The Labute approximate surface area is 401 Å². The van der Waals surface area contributed by atoms with Gasteiger partial charge in [0.15, 0.2) is 0 Å². The van der Waals surface area contributed by atoms with Crippen LogP contribution >= 0.6 is 7.92 Å². The molecule has 0 aliphatic carbocycles. The second kappa shape index (κ2) is 23.3. The molecule has 0 aliphatic heterocycles. The minimum atomic E-state index is -1.26. The van der Waals surface area contributed by atoms with Crippen LogP contribution in [0, 0.1) is 0 Å². The standard InChI is InChI=1S/C54H63GeP.C6H6.Ge/c1-34(2)40-30-46(36(5)6)52(47(31-40)37(7)8)44-26-21-27-45(53-48(38(9)10)32-41(35(3)4)33-49(53)39(11)12)54(44)55-50-28-19-20-29-51(50)56(42-22-15-13-16-23-42)43-24-17-14-18-25-43;1-2-4-6-5-3-1;/h13-39H,1-12H3;1-6H;/p+1. The van der Waals surface area contributed by atoms with Crippen LogP contribution in [-0.2, 0) is 0 Å². The number of rotatable bonds is 13. The Morgan fingerprint density at radius 3 is 1.00 bits per heavy atom. The van der Waals surface area contributed by atoms with Crippen molar-refractivity contribution in [2.24, 2.45) is 0 Å². The zero-order valence-corrected chi connectivity index (χ0v) is 45.2. The summed E-state index contributed by atoms with van der Waals surface area (Å²) in [4.78, 5) is 0. The van der Waals surface area contributed by atoms with Crippen LogP contribution in [0.2, 0.25) is 0 Å². The van der Waals surface area contributed by atoms with E-state index in [4.69, 9.17) is 0 Å². The number of hydrogen-bond acceptors (Lipinski definition) is 0. The minimum absolute atomic E-state index is 0. The first kappa shape index (κ1) is 50.1. The molecular weight excluding hydrogens is 897 g/mol. The van der Waals surface area contributed by atoms with Crippen LogP contribution in [0.15, 0.2) is 164 Å². The van der Waals surface area contributed by atoms with E-state index in [0.29, 0.717) is 35.5 Å². The van der Waals surface area contributed by atoms with Gasteiger partial charge in [0.05, 0.1) is 0 Å². The third kappa shape index (κ3) is 12.0. The second-order valence-corrected chi connectivity index (χ2v) is 23.9. The van der Waals surface area contributed by atoms with Crippen LogP contribution in [0.4, 0.5) is 0 Å². The van der Waals surface area contributed by atoms with Crippen molar-refractivity contribution in [1.82, 2.24) is 0 Å². The molecule has 3 heteroatoms. The van der Waals surface area contributed by atoms with E-state index in [-0.39, 0.29) is 17.6 Å². The van der Waals surface area contributed by atoms with Crippen molar-refractivity contribution >= 4 is 65.7 Å². The maximum Gasteiger partial charge on any atom is 0 e. The van der Waals surface area contributed by atoms with Crippen molar-refractivity contribution in [3.05, 3.63) is 197 Å². The Kier molecular flexibility index (Phi) is 18.5. The zero-order valence-electron chi connectivity index (χ0n) is 40.1. The van der Waals surface area contributed by atoms with Gasteiger partial charge in [0.2, 0.25) is 0 Å². The fraction of sp³-hybridized carbons (Fsp3) is 0.300. The third-order valence-corrected chi connectivity index (χ3v) is 18.6. The molecule has 63 heavy (non-hydrogen) atoms.